The van der Waals surface area contributed by atoms with E-state index in [4.69, 9.17) is 16.3 Å². The highest BCUT2D eigenvalue weighted by molar-refractivity contribution is 6.30. The number of hydrogen-bond donors (Lipinski definition) is 1. The van der Waals surface area contributed by atoms with Gasteiger partial charge in [0.15, 0.2) is 5.41 Å². The number of hydrogen-bond acceptors (Lipinski definition) is 4. The van der Waals surface area contributed by atoms with E-state index in [2.05, 4.69) is 10.3 Å². The third-order valence-electron chi connectivity index (χ3n) is 4.25. The summed E-state index contributed by atoms with van der Waals surface area (Å²) in [4.78, 5) is 15.7. The fourth-order valence-electron chi connectivity index (χ4n) is 3.18. The Hall–Kier alpha value is -2.02. The van der Waals surface area contributed by atoms with Crippen molar-refractivity contribution in [2.24, 2.45) is 10.9 Å². The van der Waals surface area contributed by atoms with E-state index in [0.717, 1.165) is 0 Å². The summed E-state index contributed by atoms with van der Waals surface area (Å²) < 4.78 is 47.1. The first kappa shape index (κ1) is 15.9. The molecule has 0 amide bonds. The van der Waals surface area contributed by atoms with Gasteiger partial charge in [-0.15, -0.1) is 0 Å². The van der Waals surface area contributed by atoms with E-state index < -0.39 is 23.6 Å². The van der Waals surface area contributed by atoms with Gasteiger partial charge in [0.25, 0.3) is 0 Å². The maximum atomic E-state index is 14.0. The highest BCUT2D eigenvalue weighted by Crippen LogP contribution is 2.53. The normalized spacial score (nSPS) is 29.0. The molecule has 3 rings (SSSR count). The van der Waals surface area contributed by atoms with Gasteiger partial charge in [-0.1, -0.05) is 17.7 Å². The van der Waals surface area contributed by atoms with Crippen LogP contribution in [-0.4, -0.2) is 31.5 Å². The number of aldehydes is 1. The molecule has 2 aliphatic rings. The smallest absolute Gasteiger partial charge is 0.405 e. The number of nitrogens with zero attached hydrogens (tertiary/aromatic N) is 1. The van der Waals surface area contributed by atoms with Crippen LogP contribution in [0.4, 0.5) is 18.9 Å². The fourth-order valence-corrected chi connectivity index (χ4v) is 3.35. The lowest BCUT2D eigenvalue weighted by molar-refractivity contribution is -0.197. The third kappa shape index (κ3) is 2.14. The molecule has 1 N–H and O–H groups in total. The lowest BCUT2D eigenvalue weighted by Gasteiger charge is -2.46. The summed E-state index contributed by atoms with van der Waals surface area (Å²) >= 11 is 5.86. The van der Waals surface area contributed by atoms with Crippen molar-refractivity contribution in [3.8, 4) is 0 Å². The number of halogens is 4. The maximum Gasteiger partial charge on any atom is 0.405 e. The Morgan fingerprint density at radius 3 is 2.78 bits per heavy atom. The molecule has 0 spiro atoms. The highest BCUT2D eigenvalue weighted by Gasteiger charge is 2.65. The number of carbonyl (C=O) groups is 1. The Morgan fingerprint density at radius 1 is 1.43 bits per heavy atom. The second-order valence-electron chi connectivity index (χ2n) is 5.34. The molecule has 0 saturated heterocycles. The van der Waals surface area contributed by atoms with Crippen LogP contribution in [0, 0.1) is 5.92 Å². The molecule has 8 heteroatoms. The summed E-state index contributed by atoms with van der Waals surface area (Å²) in [6, 6.07) is 3.16. The first-order chi connectivity index (χ1) is 10.8. The largest absolute Gasteiger partial charge is 0.483 e. The minimum absolute atomic E-state index is 0.0520. The number of ether oxygens (including phenoxy) is 1. The maximum absolute atomic E-state index is 14.0. The lowest BCUT2D eigenvalue weighted by Crippen LogP contribution is -2.60. The van der Waals surface area contributed by atoms with E-state index in [0.29, 0.717) is 0 Å². The molecule has 1 aromatic rings. The SMILES string of the molecule is COC1=NC=CC2C1Nc1ccc(Cl)cc1C2(C=O)C(F)(F)F. The van der Waals surface area contributed by atoms with E-state index in [9.17, 15) is 18.0 Å². The number of benzene rings is 1. The molecular formula is C15H12ClF3N2O2. The third-order valence-corrected chi connectivity index (χ3v) is 4.48. The van der Waals surface area contributed by atoms with Gasteiger partial charge in [-0.3, -0.25) is 0 Å². The Kier molecular flexibility index (Phi) is 3.63. The van der Waals surface area contributed by atoms with E-state index in [1.165, 1.54) is 37.6 Å². The number of methoxy groups -OCH3 is 1. The van der Waals surface area contributed by atoms with Crippen LogP contribution in [0.2, 0.25) is 5.02 Å². The number of rotatable bonds is 1. The van der Waals surface area contributed by atoms with Gasteiger partial charge >= 0.3 is 6.18 Å². The van der Waals surface area contributed by atoms with Crippen molar-refractivity contribution < 1.29 is 22.7 Å². The molecule has 4 nitrogen and oxygen atoms in total. The summed E-state index contributed by atoms with van der Waals surface area (Å²) in [6.45, 7) is 0. The summed E-state index contributed by atoms with van der Waals surface area (Å²) in [7, 11) is 1.32. The first-order valence-electron chi connectivity index (χ1n) is 6.73. The van der Waals surface area contributed by atoms with Gasteiger partial charge in [-0.05, 0) is 23.8 Å². The number of nitrogens with one attached hydrogen (secondary N) is 1. The molecule has 0 fully saturated rings. The van der Waals surface area contributed by atoms with Crippen LogP contribution >= 0.6 is 11.6 Å². The van der Waals surface area contributed by atoms with Gasteiger partial charge < -0.3 is 14.8 Å². The molecule has 2 heterocycles. The fraction of sp³-hybridized carbons (Fsp3) is 0.333. The molecular weight excluding hydrogens is 333 g/mol. The minimum Gasteiger partial charge on any atom is -0.483 e. The van der Waals surface area contributed by atoms with Crippen LogP contribution < -0.4 is 5.32 Å². The van der Waals surface area contributed by atoms with E-state index >= 15 is 0 Å². The number of anilines is 1. The van der Waals surface area contributed by atoms with Crippen molar-refractivity contribution in [3.05, 3.63) is 41.1 Å². The van der Waals surface area contributed by atoms with Crippen LogP contribution in [0.15, 0.2) is 35.5 Å². The molecule has 1 aromatic carbocycles. The van der Waals surface area contributed by atoms with Crippen molar-refractivity contribution in [2.75, 3.05) is 12.4 Å². The molecule has 122 valence electrons. The summed E-state index contributed by atoms with van der Waals surface area (Å²) in [5.41, 5.74) is -2.74. The predicted molar refractivity (Wildman–Crippen MR) is 79.7 cm³/mol. The summed E-state index contributed by atoms with van der Waals surface area (Å²) in [6.07, 6.45) is -2.36. The molecule has 0 aliphatic carbocycles. The zero-order chi connectivity index (χ0) is 16.8. The van der Waals surface area contributed by atoms with Crippen LogP contribution in [0.5, 0.6) is 0 Å². The quantitative estimate of drug-likeness (QED) is 0.795. The van der Waals surface area contributed by atoms with Gasteiger partial charge in [0, 0.05) is 22.8 Å². The monoisotopic (exact) mass is 344 g/mol. The van der Waals surface area contributed by atoms with Crippen LogP contribution in [0.1, 0.15) is 5.56 Å². The molecule has 0 aromatic heterocycles. The van der Waals surface area contributed by atoms with Gasteiger partial charge in [0.1, 0.15) is 12.3 Å². The Balaban J connectivity index is 2.31. The molecule has 3 atom stereocenters. The van der Waals surface area contributed by atoms with Crippen LogP contribution in [0.3, 0.4) is 0 Å². The van der Waals surface area contributed by atoms with Crippen molar-refractivity contribution in [2.45, 2.75) is 17.6 Å². The molecule has 2 aliphatic heterocycles. The van der Waals surface area contributed by atoms with Crippen molar-refractivity contribution >= 4 is 29.5 Å². The van der Waals surface area contributed by atoms with Gasteiger partial charge in [-0.25, -0.2) is 4.99 Å². The highest BCUT2D eigenvalue weighted by atomic mass is 35.5. The van der Waals surface area contributed by atoms with Gasteiger partial charge in [-0.2, -0.15) is 13.2 Å². The average molecular weight is 345 g/mol. The number of fused-ring (bicyclic) bond motifs is 2. The zero-order valence-corrected chi connectivity index (χ0v) is 12.7. The Morgan fingerprint density at radius 2 is 2.17 bits per heavy atom. The van der Waals surface area contributed by atoms with E-state index in [-0.39, 0.29) is 28.5 Å². The Labute approximate surface area is 135 Å². The van der Waals surface area contributed by atoms with Crippen molar-refractivity contribution in [1.29, 1.82) is 0 Å². The second-order valence-corrected chi connectivity index (χ2v) is 5.77. The minimum atomic E-state index is -4.81. The van der Waals surface area contributed by atoms with Gasteiger partial charge in [0.05, 0.1) is 7.11 Å². The zero-order valence-electron chi connectivity index (χ0n) is 11.9. The average Bonchev–Trinajstić information content (AvgIpc) is 2.51. The predicted octanol–water partition coefficient (Wildman–Crippen LogP) is 3.32. The Bertz CT molecular complexity index is 717. The second kappa shape index (κ2) is 5.26. The number of alkyl halides is 3. The lowest BCUT2D eigenvalue weighted by atomic mass is 9.64. The van der Waals surface area contributed by atoms with Gasteiger partial charge in [0.2, 0.25) is 5.90 Å². The van der Waals surface area contributed by atoms with Crippen LogP contribution in [0.25, 0.3) is 0 Å². The topological polar surface area (TPSA) is 50.7 Å². The molecule has 0 bridgehead atoms. The summed E-state index contributed by atoms with van der Waals surface area (Å²) in [5.74, 6) is -1.13. The number of aliphatic imine (C=N–C) groups is 1. The first-order valence-corrected chi connectivity index (χ1v) is 7.11. The standard InChI is InChI=1S/C15H12ClF3N2O2/c1-23-13-12-9(4-5-20-13)14(7-22,15(17,18)19)10-6-8(16)2-3-11(10)21-12/h2-7,9,12,21H,1H3. The summed E-state index contributed by atoms with van der Waals surface area (Å²) in [5, 5.41) is 3.09. The number of carbonyl (C=O) groups excluding carboxylic acids is 1. The van der Waals surface area contributed by atoms with Crippen LogP contribution in [-0.2, 0) is 14.9 Å². The van der Waals surface area contributed by atoms with Crippen molar-refractivity contribution in [1.82, 2.24) is 0 Å². The molecule has 0 radical (unpaired) electrons. The molecule has 23 heavy (non-hydrogen) atoms. The molecule has 0 saturated carbocycles. The van der Waals surface area contributed by atoms with Crippen molar-refractivity contribution in [3.63, 3.8) is 0 Å². The molecule has 3 unspecified atom stereocenters. The van der Waals surface area contributed by atoms with E-state index in [1.807, 2.05) is 0 Å². The van der Waals surface area contributed by atoms with E-state index in [1.54, 1.807) is 0 Å².